The molecule has 14 heteroatoms. The molecule has 1 aliphatic heterocycles. The van der Waals surface area contributed by atoms with E-state index < -0.39 is 8.07 Å². The summed E-state index contributed by atoms with van der Waals surface area (Å²) in [6, 6.07) is 1.02. The van der Waals surface area contributed by atoms with E-state index in [-0.39, 0.29) is 48.4 Å². The molecule has 0 aromatic carbocycles. The second-order valence-electron chi connectivity index (χ2n) is 10.3. The van der Waals surface area contributed by atoms with Gasteiger partial charge in [0.2, 0.25) is 11.9 Å². The van der Waals surface area contributed by atoms with Crippen LogP contribution in [0.25, 0.3) is 0 Å². The van der Waals surface area contributed by atoms with Gasteiger partial charge in [-0.05, 0) is 28.9 Å². The number of aromatic nitrogens is 4. The Morgan fingerprint density at radius 2 is 1.79 bits per heavy atom. The largest absolute Gasteiger partial charge is 0.485 e. The van der Waals surface area contributed by atoms with Crippen molar-refractivity contribution in [2.24, 2.45) is 0 Å². The number of hydrogen-bond acceptors (Lipinski definition) is 9. The first-order valence-electron chi connectivity index (χ1n) is 12.6. The van der Waals surface area contributed by atoms with Crippen LogP contribution in [0.2, 0.25) is 30.7 Å². The van der Waals surface area contributed by atoms with Crippen molar-refractivity contribution >= 4 is 47.5 Å². The van der Waals surface area contributed by atoms with Crippen LogP contribution in [0.5, 0.6) is 5.75 Å². The Bertz CT molecular complexity index is 1110. The number of amides is 1. The lowest BCUT2D eigenvalue weighted by atomic mass is 10.3. The summed E-state index contributed by atoms with van der Waals surface area (Å²) >= 11 is 9.16. The predicted molar refractivity (Wildman–Crippen MR) is 152 cm³/mol. The highest BCUT2D eigenvalue weighted by Gasteiger charge is 2.22. The van der Waals surface area contributed by atoms with Crippen molar-refractivity contribution in [3.05, 3.63) is 38.4 Å². The smallest absolute Gasteiger partial charge is 0.287 e. The molecule has 0 unspecified atom stereocenters. The quantitative estimate of drug-likeness (QED) is 0.243. The molecule has 0 radical (unpaired) electrons. The minimum Gasteiger partial charge on any atom is -0.485 e. The maximum atomic E-state index is 12.6. The highest BCUT2D eigenvalue weighted by molar-refractivity contribution is 9.10. The molecule has 3 rings (SSSR count). The van der Waals surface area contributed by atoms with Crippen molar-refractivity contribution in [3.8, 4) is 5.75 Å². The number of carbonyl (C=O) groups is 1. The normalized spacial score (nSPS) is 15.0. The van der Waals surface area contributed by atoms with Crippen molar-refractivity contribution in [1.29, 1.82) is 0 Å². The highest BCUT2D eigenvalue weighted by atomic mass is 79.9. The maximum absolute atomic E-state index is 12.6. The lowest BCUT2D eigenvalue weighted by molar-refractivity contribution is -0.132. The molecule has 1 saturated heterocycles. The first-order chi connectivity index (χ1) is 18.0. The van der Waals surface area contributed by atoms with Gasteiger partial charge in [-0.1, -0.05) is 31.2 Å². The molecule has 0 N–H and O–H groups in total. The Hall–Kier alpha value is -2.06. The molecule has 1 amide bonds. The fraction of sp³-hybridized carbons (Fsp3) is 0.625. The second kappa shape index (κ2) is 14.4. The van der Waals surface area contributed by atoms with Gasteiger partial charge in [0.25, 0.3) is 5.56 Å². The van der Waals surface area contributed by atoms with Gasteiger partial charge >= 0.3 is 0 Å². The van der Waals surface area contributed by atoms with E-state index in [4.69, 9.17) is 25.8 Å². The lowest BCUT2D eigenvalue weighted by Crippen LogP contribution is -2.49. The van der Waals surface area contributed by atoms with E-state index >= 15 is 0 Å². The van der Waals surface area contributed by atoms with Gasteiger partial charge in [-0.3, -0.25) is 9.59 Å². The summed E-state index contributed by atoms with van der Waals surface area (Å²) in [4.78, 5) is 37.5. The summed E-state index contributed by atoms with van der Waals surface area (Å²) < 4.78 is 18.7. The van der Waals surface area contributed by atoms with Gasteiger partial charge in [0.15, 0.2) is 5.75 Å². The molecular formula is C24H36BrClN6O5Si. The molecule has 0 saturated carbocycles. The van der Waals surface area contributed by atoms with E-state index in [1.165, 1.54) is 10.9 Å². The first kappa shape index (κ1) is 30.5. The Morgan fingerprint density at radius 3 is 2.45 bits per heavy atom. The number of nitrogens with zero attached hydrogens (tertiary/aromatic N) is 6. The third-order valence-corrected chi connectivity index (χ3v) is 8.46. The summed E-state index contributed by atoms with van der Waals surface area (Å²) in [5, 5.41) is 4.65. The van der Waals surface area contributed by atoms with Crippen LogP contribution in [-0.4, -0.2) is 90.7 Å². The fourth-order valence-corrected chi connectivity index (χ4v) is 4.85. The van der Waals surface area contributed by atoms with E-state index in [2.05, 4.69) is 50.6 Å². The molecule has 0 aliphatic carbocycles. The zero-order valence-electron chi connectivity index (χ0n) is 22.4. The van der Waals surface area contributed by atoms with Crippen LogP contribution < -0.4 is 15.2 Å². The van der Waals surface area contributed by atoms with Crippen LogP contribution in [0, 0.1) is 0 Å². The number of rotatable bonds is 13. The summed E-state index contributed by atoms with van der Waals surface area (Å²) in [5.41, 5.74) is -0.322. The number of halogens is 2. The Kier molecular flexibility index (Phi) is 11.5. The van der Waals surface area contributed by atoms with Crippen LogP contribution >= 0.6 is 27.5 Å². The topological polar surface area (TPSA) is 112 Å². The zero-order valence-corrected chi connectivity index (χ0v) is 25.7. The molecule has 38 heavy (non-hydrogen) atoms. The molecule has 210 valence electrons. The van der Waals surface area contributed by atoms with Gasteiger partial charge in [0, 0.05) is 40.9 Å². The highest BCUT2D eigenvalue weighted by Crippen LogP contribution is 2.20. The summed E-state index contributed by atoms with van der Waals surface area (Å²) in [6.45, 7) is 12.4. The van der Waals surface area contributed by atoms with Gasteiger partial charge in [-0.2, -0.15) is 5.10 Å². The Morgan fingerprint density at radius 1 is 1.11 bits per heavy atom. The minimum atomic E-state index is -1.20. The molecule has 3 heterocycles. The van der Waals surface area contributed by atoms with Gasteiger partial charge in [0.1, 0.15) is 17.3 Å². The molecule has 2 aromatic heterocycles. The number of hydrogen-bond donors (Lipinski definition) is 0. The number of ether oxygens (including phenoxy) is 3. The van der Waals surface area contributed by atoms with Crippen molar-refractivity contribution in [1.82, 2.24) is 24.6 Å². The molecular weight excluding hydrogens is 596 g/mol. The monoisotopic (exact) mass is 630 g/mol. The van der Waals surface area contributed by atoms with E-state index in [0.29, 0.717) is 49.5 Å². The second-order valence-corrected chi connectivity index (χ2v) is 17.1. The molecule has 0 bridgehead atoms. The average molecular weight is 632 g/mol. The van der Waals surface area contributed by atoms with E-state index in [9.17, 15) is 9.59 Å². The molecule has 1 fully saturated rings. The van der Waals surface area contributed by atoms with E-state index in [1.54, 1.807) is 12.4 Å². The summed E-state index contributed by atoms with van der Waals surface area (Å²) in [5.74, 6) is 0.990. The van der Waals surface area contributed by atoms with Crippen LogP contribution in [-0.2, 0) is 21.0 Å². The van der Waals surface area contributed by atoms with Crippen molar-refractivity contribution in [3.63, 3.8) is 0 Å². The van der Waals surface area contributed by atoms with E-state index in [0.717, 1.165) is 6.04 Å². The third kappa shape index (κ3) is 9.60. The molecule has 11 nitrogen and oxygen atoms in total. The van der Waals surface area contributed by atoms with Crippen LogP contribution in [0.1, 0.15) is 13.3 Å². The zero-order chi connectivity index (χ0) is 27.7. The molecule has 0 spiro atoms. The van der Waals surface area contributed by atoms with Gasteiger partial charge in [-0.25, -0.2) is 14.6 Å². The SMILES string of the molecule is C[C@@H](COCCC(=O)N1CCN(c2ncc(Cl)cn2)CC1)Oc1cnn(COCC[Si](C)(C)C)c(=O)c1Br. The average Bonchev–Trinajstić information content (AvgIpc) is 2.88. The number of carbonyl (C=O) groups excluding carboxylic acids is 1. The summed E-state index contributed by atoms with van der Waals surface area (Å²) in [6.07, 6.45) is 4.57. The van der Waals surface area contributed by atoms with Crippen LogP contribution in [0.4, 0.5) is 5.95 Å². The molecule has 2 aromatic rings. The third-order valence-electron chi connectivity index (χ3n) is 5.83. The van der Waals surface area contributed by atoms with Crippen molar-refractivity contribution in [2.45, 2.75) is 51.9 Å². The van der Waals surface area contributed by atoms with Crippen molar-refractivity contribution < 1.29 is 19.0 Å². The standard InChI is InChI=1S/C24H36BrClN6O5Si/c1-18(37-20-15-29-32(23(34)22(20)25)17-36-11-12-38(2,3)4)16-35-10-5-21(33)30-6-8-31(9-7-30)24-27-13-19(26)14-28-24/h13-15,18H,5-12,16-17H2,1-4H3/t18-/m0/s1. The Labute approximate surface area is 237 Å². The fourth-order valence-electron chi connectivity index (χ4n) is 3.60. The van der Waals surface area contributed by atoms with Crippen LogP contribution in [0.15, 0.2) is 27.9 Å². The maximum Gasteiger partial charge on any atom is 0.287 e. The van der Waals surface area contributed by atoms with Crippen molar-refractivity contribution in [2.75, 3.05) is 50.9 Å². The first-order valence-corrected chi connectivity index (χ1v) is 17.5. The molecule has 1 aliphatic rings. The predicted octanol–water partition coefficient (Wildman–Crippen LogP) is 3.28. The summed E-state index contributed by atoms with van der Waals surface area (Å²) in [7, 11) is -1.20. The van der Waals surface area contributed by atoms with E-state index in [1.807, 2.05) is 16.7 Å². The number of piperazine rings is 1. The lowest BCUT2D eigenvalue weighted by Gasteiger charge is -2.34. The number of anilines is 1. The Balaban J connectivity index is 1.35. The van der Waals surface area contributed by atoms with Gasteiger partial charge < -0.3 is 24.0 Å². The molecule has 1 atom stereocenters. The van der Waals surface area contributed by atoms with Crippen LogP contribution in [0.3, 0.4) is 0 Å². The minimum absolute atomic E-state index is 0.0397. The van der Waals surface area contributed by atoms with Gasteiger partial charge in [-0.15, -0.1) is 0 Å². The van der Waals surface area contributed by atoms with Gasteiger partial charge in [0.05, 0.1) is 43.2 Å².